The van der Waals surface area contributed by atoms with Gasteiger partial charge in [0.05, 0.1) is 50.3 Å². The van der Waals surface area contributed by atoms with Gasteiger partial charge in [0.2, 0.25) is 0 Å². The number of nitrogens with zero attached hydrogens (tertiary/aromatic N) is 2. The summed E-state index contributed by atoms with van der Waals surface area (Å²) in [5.74, 6) is 1.07. The van der Waals surface area contributed by atoms with E-state index in [2.05, 4.69) is 49.8 Å². The van der Waals surface area contributed by atoms with Crippen LogP contribution in [0.2, 0.25) is 0 Å². The second kappa shape index (κ2) is 16.5. The van der Waals surface area contributed by atoms with Crippen molar-refractivity contribution >= 4 is 40.8 Å². The molecule has 1 aliphatic heterocycles. The predicted octanol–water partition coefficient (Wildman–Crippen LogP) is 4.27. The Morgan fingerprint density at radius 2 is 1.87 bits per heavy atom. The molecule has 0 unspecified atom stereocenters. The lowest BCUT2D eigenvalue weighted by atomic mass is 9.95. The summed E-state index contributed by atoms with van der Waals surface area (Å²) in [5.41, 5.74) is 5.89. The molecule has 3 aromatic rings. The Balaban J connectivity index is 1.44. The smallest absolute Gasteiger partial charge is 0.337 e. The molecule has 246 valence electrons. The summed E-state index contributed by atoms with van der Waals surface area (Å²) in [6, 6.07) is 16.6. The van der Waals surface area contributed by atoms with Crippen LogP contribution >= 0.6 is 22.6 Å². The number of esters is 1. The van der Waals surface area contributed by atoms with E-state index < -0.39 is 24.3 Å². The van der Waals surface area contributed by atoms with E-state index in [1.54, 1.807) is 51.3 Å². The number of aliphatic hydroxyl groups is 1. The molecule has 0 fully saturated rings. The van der Waals surface area contributed by atoms with E-state index in [9.17, 15) is 14.7 Å². The van der Waals surface area contributed by atoms with E-state index in [4.69, 9.17) is 28.9 Å². The summed E-state index contributed by atoms with van der Waals surface area (Å²) in [5, 5.41) is 29.1. The van der Waals surface area contributed by atoms with Crippen LogP contribution in [0, 0.1) is 14.9 Å². The molecule has 14 heteroatoms. The molecule has 3 aromatic carbocycles. The number of carbonyl (C=O) groups is 2. The first-order chi connectivity index (χ1) is 22.7. The van der Waals surface area contributed by atoms with Crippen LogP contribution in [-0.4, -0.2) is 57.0 Å². The summed E-state index contributed by atoms with van der Waals surface area (Å²) < 4.78 is 29.0. The molecule has 0 spiro atoms. The number of allylic oxidation sites excluding steroid dienone is 1. The number of nitrogens with one attached hydrogen (secondary N) is 3. The summed E-state index contributed by atoms with van der Waals surface area (Å²) in [7, 11) is 2.81. The maximum absolute atomic E-state index is 12.5. The molecule has 0 saturated heterocycles. The fourth-order valence-corrected chi connectivity index (χ4v) is 5.26. The number of carbonyl (C=O) groups excluding carboxylic acids is 2. The Kier molecular flexibility index (Phi) is 12.3. The number of rotatable bonds is 14. The van der Waals surface area contributed by atoms with Gasteiger partial charge in [-0.1, -0.05) is 18.2 Å². The van der Waals surface area contributed by atoms with Gasteiger partial charge in [-0.05, 0) is 84.0 Å². The van der Waals surface area contributed by atoms with E-state index in [1.165, 1.54) is 13.3 Å². The van der Waals surface area contributed by atoms with Crippen molar-refractivity contribution in [3.8, 4) is 29.1 Å². The van der Waals surface area contributed by atoms with Crippen LogP contribution in [-0.2, 0) is 16.1 Å². The molecular formula is C33H34IN5O8. The first-order valence-corrected chi connectivity index (χ1v) is 15.5. The topological polar surface area (TPSA) is 173 Å². The minimum Gasteiger partial charge on any atom is -0.493 e. The van der Waals surface area contributed by atoms with E-state index in [0.717, 1.165) is 9.13 Å². The normalized spacial score (nSPS) is 14.8. The van der Waals surface area contributed by atoms with Crippen molar-refractivity contribution in [2.24, 2.45) is 5.10 Å². The minimum absolute atomic E-state index is 0.190. The van der Waals surface area contributed by atoms with Crippen molar-refractivity contribution in [3.05, 3.63) is 91.7 Å². The van der Waals surface area contributed by atoms with E-state index in [1.807, 2.05) is 24.3 Å². The van der Waals surface area contributed by atoms with Crippen LogP contribution < -0.4 is 35.0 Å². The molecule has 0 radical (unpaired) electrons. The van der Waals surface area contributed by atoms with Gasteiger partial charge in [0.1, 0.15) is 13.2 Å². The monoisotopic (exact) mass is 755 g/mol. The summed E-state index contributed by atoms with van der Waals surface area (Å²) >= 11 is 2.16. The first kappa shape index (κ1) is 34.9. The number of hydrogen-bond donors (Lipinski definition) is 4. The summed E-state index contributed by atoms with van der Waals surface area (Å²) in [4.78, 5) is 24.7. The number of amides is 2. The van der Waals surface area contributed by atoms with Crippen molar-refractivity contribution in [3.63, 3.8) is 0 Å². The van der Waals surface area contributed by atoms with Gasteiger partial charge in [0.25, 0.3) is 0 Å². The molecule has 0 aliphatic carbocycles. The highest BCUT2D eigenvalue weighted by Gasteiger charge is 2.32. The number of aliphatic hydroxyl groups excluding tert-OH is 1. The van der Waals surface area contributed by atoms with Crippen LogP contribution in [0.25, 0.3) is 0 Å². The third-order valence-corrected chi connectivity index (χ3v) is 7.46. The zero-order chi connectivity index (χ0) is 33.9. The fraction of sp³-hybridized carbons (Fsp3) is 0.273. The van der Waals surface area contributed by atoms with Gasteiger partial charge in [-0.2, -0.15) is 10.4 Å². The molecule has 4 N–H and O–H groups in total. The third-order valence-electron chi connectivity index (χ3n) is 6.83. The predicted molar refractivity (Wildman–Crippen MR) is 180 cm³/mol. The second-order valence-corrected chi connectivity index (χ2v) is 11.3. The van der Waals surface area contributed by atoms with E-state index >= 15 is 0 Å². The Morgan fingerprint density at radius 1 is 1.11 bits per heavy atom. The Labute approximate surface area is 285 Å². The molecule has 1 aliphatic rings. The van der Waals surface area contributed by atoms with Crippen molar-refractivity contribution in [2.75, 3.05) is 27.4 Å². The quantitative estimate of drug-likeness (QED) is 0.0612. The Morgan fingerprint density at radius 3 is 2.55 bits per heavy atom. The number of halogens is 1. The van der Waals surface area contributed by atoms with E-state index in [0.29, 0.717) is 52.0 Å². The van der Waals surface area contributed by atoms with Crippen molar-refractivity contribution in [1.82, 2.24) is 16.1 Å². The van der Waals surface area contributed by atoms with Gasteiger partial charge in [-0.15, -0.1) is 0 Å². The molecule has 0 bridgehead atoms. The van der Waals surface area contributed by atoms with Gasteiger partial charge < -0.3 is 39.4 Å². The van der Waals surface area contributed by atoms with Gasteiger partial charge >= 0.3 is 12.0 Å². The summed E-state index contributed by atoms with van der Waals surface area (Å²) in [6.45, 7) is 3.79. The van der Waals surface area contributed by atoms with Crippen LogP contribution in [0.5, 0.6) is 23.0 Å². The Bertz CT molecular complexity index is 1700. The molecular weight excluding hydrogens is 721 g/mol. The SMILES string of the molecule is CCOc1cc([C@H]2NC(=O)NC(C)=C2C(=O)OC)ccc1OC[C@@H](O)N/N=C/c1cc(I)cc(OC)c1OCc1ccc(C#N)cc1. The van der Waals surface area contributed by atoms with Gasteiger partial charge in [0, 0.05) is 14.8 Å². The van der Waals surface area contributed by atoms with E-state index in [-0.39, 0.29) is 18.8 Å². The highest BCUT2D eigenvalue weighted by atomic mass is 127. The molecule has 1 heterocycles. The zero-order valence-corrected chi connectivity index (χ0v) is 28.3. The highest BCUT2D eigenvalue weighted by molar-refractivity contribution is 14.1. The molecule has 2 amide bonds. The van der Waals surface area contributed by atoms with Crippen LogP contribution in [0.15, 0.2) is 71.0 Å². The van der Waals surface area contributed by atoms with Crippen molar-refractivity contribution < 1.29 is 38.4 Å². The molecule has 47 heavy (non-hydrogen) atoms. The molecule has 13 nitrogen and oxygen atoms in total. The number of nitriles is 1. The lowest BCUT2D eigenvalue weighted by Crippen LogP contribution is -2.45. The number of ether oxygens (including phenoxy) is 5. The van der Waals surface area contributed by atoms with Crippen LogP contribution in [0.4, 0.5) is 4.79 Å². The van der Waals surface area contributed by atoms with Crippen molar-refractivity contribution in [2.45, 2.75) is 32.7 Å². The fourth-order valence-electron chi connectivity index (χ4n) is 4.64. The number of urea groups is 1. The number of benzene rings is 3. The first-order valence-electron chi connectivity index (χ1n) is 14.4. The van der Waals surface area contributed by atoms with Crippen molar-refractivity contribution in [1.29, 1.82) is 5.26 Å². The van der Waals surface area contributed by atoms with Crippen LogP contribution in [0.3, 0.4) is 0 Å². The number of hydrogen-bond acceptors (Lipinski definition) is 11. The largest absolute Gasteiger partial charge is 0.493 e. The molecule has 4 rings (SSSR count). The molecule has 0 saturated carbocycles. The number of methoxy groups -OCH3 is 2. The standard InChI is InChI=1S/C33H34IN5O8/c1-5-45-26-13-22(30-29(32(41)44-4)19(2)37-33(42)38-30)10-11-25(26)46-18-28(40)39-36-16-23-12-24(34)14-27(43-3)31(23)47-17-21-8-6-20(15-35)7-9-21/h6-14,16,28,30,39-40H,5,17-18H2,1-4H3,(H2,37,38,42)/b36-16+/t28-,30-/m1/s1. The second-order valence-electron chi connectivity index (χ2n) is 10.0. The van der Waals surface area contributed by atoms with Gasteiger partial charge in [0.15, 0.2) is 29.2 Å². The third kappa shape index (κ3) is 9.05. The average molecular weight is 756 g/mol. The maximum atomic E-state index is 12.5. The lowest BCUT2D eigenvalue weighted by Gasteiger charge is -2.28. The molecule has 2 atom stereocenters. The summed E-state index contributed by atoms with van der Waals surface area (Å²) in [6.07, 6.45) is 0.303. The minimum atomic E-state index is -1.20. The number of hydrazone groups is 1. The Hall–Kier alpha value is -5.01. The van der Waals surface area contributed by atoms with Crippen LogP contribution in [0.1, 0.15) is 42.1 Å². The average Bonchev–Trinajstić information content (AvgIpc) is 3.06. The zero-order valence-electron chi connectivity index (χ0n) is 26.1. The lowest BCUT2D eigenvalue weighted by molar-refractivity contribution is -0.136. The molecule has 0 aromatic heterocycles. The van der Waals surface area contributed by atoms with Gasteiger partial charge in [-0.3, -0.25) is 5.43 Å². The van der Waals surface area contributed by atoms with Gasteiger partial charge in [-0.25, -0.2) is 9.59 Å². The highest BCUT2D eigenvalue weighted by Crippen LogP contribution is 2.35. The maximum Gasteiger partial charge on any atom is 0.337 e.